The van der Waals surface area contributed by atoms with Crippen molar-refractivity contribution in [2.45, 2.75) is 19.6 Å². The molecule has 0 aliphatic carbocycles. The van der Waals surface area contributed by atoms with E-state index in [-0.39, 0.29) is 168 Å². The van der Waals surface area contributed by atoms with Crippen molar-refractivity contribution in [3.63, 3.8) is 0 Å². The summed E-state index contributed by atoms with van der Waals surface area (Å²) in [7, 11) is 0. The molecule has 5 nitrogen and oxygen atoms in total. The van der Waals surface area contributed by atoms with Crippen LogP contribution in [0, 0.1) is 179 Å². The molecular weight excluding hydrogens is 550 g/mol. The van der Waals surface area contributed by atoms with Crippen molar-refractivity contribution in [2.75, 3.05) is 0 Å². The third-order valence-corrected chi connectivity index (χ3v) is 4.76. The molecule has 0 unspecified atom stereocenters. The van der Waals surface area contributed by atoms with E-state index in [9.17, 15) is 0 Å². The molecule has 2 aromatic carbocycles. The fourth-order valence-electron chi connectivity index (χ4n) is 2.12. The van der Waals surface area contributed by atoms with Crippen LogP contribution in [-0.4, -0.2) is 11.7 Å². The van der Waals surface area contributed by atoms with Gasteiger partial charge in [-0.05, 0) is 24.3 Å². The first-order chi connectivity index (χ1) is 11.8. The number of nitrogens with two attached hydrogens (primary N) is 1. The van der Waals surface area contributed by atoms with E-state index in [0.717, 1.165) is 10.5 Å². The smallest absolute Gasteiger partial charge is 0.156 e. The van der Waals surface area contributed by atoms with E-state index in [2.05, 4.69) is 55.5 Å². The van der Waals surface area contributed by atoms with Crippen LogP contribution in [0.1, 0.15) is 22.3 Å². The van der Waals surface area contributed by atoms with Crippen LogP contribution in [0.3, 0.4) is 0 Å². The predicted octanol–water partition coefficient (Wildman–Crippen LogP) is 3.32. The van der Waals surface area contributed by atoms with Crippen LogP contribution in [0.15, 0.2) is 48.8 Å². The number of rotatable bonds is 0. The molecule has 13 heteroatoms. The summed E-state index contributed by atoms with van der Waals surface area (Å²) in [5.41, 5.74) is 7.60. The minimum atomic E-state index is 0. The van der Waals surface area contributed by atoms with E-state index < -0.39 is 0 Å². The first kappa shape index (κ1) is 36.6. The zero-order valence-corrected chi connectivity index (χ0v) is 20.3. The zero-order chi connectivity index (χ0) is 18.7. The molecular formula is C16H11Ar4N5S4. The monoisotopic (exact) mass is 561 g/mol. The number of nitrogens with zero attached hydrogens (tertiary/aromatic N) is 3. The molecule has 1 aliphatic rings. The maximum atomic E-state index is 8.67. The standard InChI is InChI=1S/C8H7N3S2.C8H4N2S2.4Ar/c9-7-5-3(12)1-2-4(13)6(5)8(10)11-7;9-3-5-6(4-10)8(12)2-1-7(5)11;;;;/h1-2,12-13H,(H3,9,10,11);1-2,11-12H;;;;. The van der Waals surface area contributed by atoms with Gasteiger partial charge in [0.2, 0.25) is 0 Å². The zero-order valence-electron chi connectivity index (χ0n) is 13.9. The summed E-state index contributed by atoms with van der Waals surface area (Å²) < 4.78 is 0. The van der Waals surface area contributed by atoms with Gasteiger partial charge in [0.05, 0.1) is 11.1 Å². The van der Waals surface area contributed by atoms with Crippen molar-refractivity contribution < 1.29 is 151 Å². The van der Waals surface area contributed by atoms with Gasteiger partial charge in [0.25, 0.3) is 0 Å². The molecule has 3 rings (SSSR count). The average molecular weight is 561 g/mol. The molecule has 0 bridgehead atoms. The van der Waals surface area contributed by atoms with E-state index >= 15 is 0 Å². The second kappa shape index (κ2) is 17.4. The summed E-state index contributed by atoms with van der Waals surface area (Å²) in [6.07, 6.45) is 0. The number of thiol groups is 4. The molecule has 0 aromatic heterocycles. The van der Waals surface area contributed by atoms with Gasteiger partial charge in [-0.25, -0.2) is 4.99 Å². The fourth-order valence-corrected chi connectivity index (χ4v) is 3.18. The van der Waals surface area contributed by atoms with Gasteiger partial charge in [-0.1, -0.05) is 0 Å². The Hall–Kier alpha value is 3.00. The minimum absolute atomic E-state index is 0. The Balaban J connectivity index is -0.000000411. The number of aliphatic imine (C=N–C) groups is 1. The molecule has 29 heavy (non-hydrogen) atoms. The summed E-state index contributed by atoms with van der Waals surface area (Å²) in [4.78, 5) is 6.31. The Labute approximate surface area is 311 Å². The van der Waals surface area contributed by atoms with Crippen LogP contribution >= 0.6 is 50.5 Å². The largest absolute Gasteiger partial charge is 0.383 e. The summed E-state index contributed by atoms with van der Waals surface area (Å²) in [6, 6.07) is 10.7. The van der Waals surface area contributed by atoms with Crippen LogP contribution < -0.4 is 5.73 Å². The maximum Gasteiger partial charge on any atom is 0.156 e. The number of hydrogen-bond donors (Lipinski definition) is 6. The predicted molar refractivity (Wildman–Crippen MR) is 109 cm³/mol. The van der Waals surface area contributed by atoms with Gasteiger partial charge >= 0.3 is 0 Å². The molecule has 156 valence electrons. The number of fused-ring (bicyclic) bond motifs is 1. The molecule has 0 amide bonds. The van der Waals surface area contributed by atoms with E-state index in [4.69, 9.17) is 21.7 Å². The number of nitrogens with one attached hydrogen (secondary N) is 1. The second-order valence-electron chi connectivity index (χ2n) is 4.78. The summed E-state index contributed by atoms with van der Waals surface area (Å²) >= 11 is 16.6. The molecule has 0 spiro atoms. The number of hydrogen-bond acceptors (Lipinski definition) is 8. The Morgan fingerprint density at radius 2 is 1.07 bits per heavy atom. The molecule has 0 saturated carbocycles. The maximum absolute atomic E-state index is 8.67. The summed E-state index contributed by atoms with van der Waals surface area (Å²) in [6.45, 7) is 0. The molecule has 0 saturated heterocycles. The van der Waals surface area contributed by atoms with E-state index in [1.165, 1.54) is 0 Å². The molecule has 2 aromatic rings. The molecule has 1 aliphatic heterocycles. The first-order valence-electron chi connectivity index (χ1n) is 6.65. The quantitative estimate of drug-likeness (QED) is 0.278. The minimum Gasteiger partial charge on any atom is -0.383 e. The Morgan fingerprint density at radius 3 is 1.41 bits per heavy atom. The van der Waals surface area contributed by atoms with Crippen LogP contribution in [0.2, 0.25) is 0 Å². The first-order valence-corrected chi connectivity index (χ1v) is 8.44. The van der Waals surface area contributed by atoms with E-state index in [0.29, 0.717) is 26.1 Å². The van der Waals surface area contributed by atoms with Crippen molar-refractivity contribution in [1.29, 1.82) is 15.9 Å². The molecule has 3 N–H and O–H groups in total. The fraction of sp³-hybridized carbons (Fsp3) is 0. The Kier molecular flexibility index (Phi) is 22.0. The van der Waals surface area contributed by atoms with Gasteiger partial charge in [-0.2, -0.15) is 10.5 Å². The second-order valence-corrected chi connectivity index (χ2v) is 6.70. The van der Waals surface area contributed by atoms with Crippen LogP contribution in [0.25, 0.3) is 0 Å². The third-order valence-electron chi connectivity index (χ3n) is 3.27. The van der Waals surface area contributed by atoms with Crippen molar-refractivity contribution in [3.8, 4) is 12.1 Å². The van der Waals surface area contributed by atoms with Gasteiger partial charge in [-0.15, -0.1) is 50.5 Å². The van der Waals surface area contributed by atoms with Gasteiger partial charge in [-0.3, -0.25) is 5.41 Å². The van der Waals surface area contributed by atoms with Crippen LogP contribution in [0.5, 0.6) is 0 Å². The Bertz CT molecular complexity index is 977. The normalized spacial score (nSPS) is 10.0. The number of nitriles is 2. The van der Waals surface area contributed by atoms with Gasteiger partial charge in [0.1, 0.15) is 18.0 Å². The molecule has 0 atom stereocenters. The average Bonchev–Trinajstić information content (AvgIpc) is 2.89. The van der Waals surface area contributed by atoms with Crippen molar-refractivity contribution in [1.82, 2.24) is 0 Å². The van der Waals surface area contributed by atoms with E-state index in [1.807, 2.05) is 12.1 Å². The Morgan fingerprint density at radius 1 is 0.724 bits per heavy atom. The van der Waals surface area contributed by atoms with Crippen molar-refractivity contribution >= 4 is 62.2 Å². The number of amidine groups is 2. The van der Waals surface area contributed by atoms with Crippen molar-refractivity contribution in [2.24, 2.45) is 10.7 Å². The SMILES string of the molecule is N#Cc1c(S)ccc(S)c1C#N.N=C1N=C(N)c2c(S)ccc(S)c21.[Ar].[Ar].[Ar].[Ar]. The molecule has 1 heterocycles. The van der Waals surface area contributed by atoms with Crippen LogP contribution in [0.4, 0.5) is 0 Å². The van der Waals surface area contributed by atoms with Gasteiger partial charge < -0.3 is 5.73 Å². The topological polar surface area (TPSA) is 110 Å². The summed E-state index contributed by atoms with van der Waals surface area (Å²) in [5.74, 6) is 0.509. The summed E-state index contributed by atoms with van der Waals surface area (Å²) in [5, 5.41) is 24.9. The number of benzene rings is 2. The van der Waals surface area contributed by atoms with Gasteiger partial charge in [0.15, 0.2) is 5.84 Å². The molecule has 0 fully saturated rings. The van der Waals surface area contributed by atoms with Crippen molar-refractivity contribution in [3.05, 3.63) is 46.5 Å². The van der Waals surface area contributed by atoms with Gasteiger partial charge in [0, 0.05) is 182 Å². The van der Waals surface area contributed by atoms with E-state index in [1.54, 1.807) is 24.3 Å². The third kappa shape index (κ3) is 9.28. The molecule has 0 radical (unpaired) electrons. The van der Waals surface area contributed by atoms with Crippen LogP contribution in [-0.2, 0) is 0 Å².